The first-order chi connectivity index (χ1) is 8.05. The van der Waals surface area contributed by atoms with Gasteiger partial charge in [0.1, 0.15) is 5.67 Å². The van der Waals surface area contributed by atoms with E-state index in [1.54, 1.807) is 0 Å². The van der Waals surface area contributed by atoms with Crippen LogP contribution in [-0.4, -0.2) is 23.3 Å². The Labute approximate surface area is 99.6 Å². The molecule has 4 saturated carbocycles. The molecule has 0 spiro atoms. The largest absolute Gasteiger partial charge is 0.481 e. The molecular weight excluding hydrogens is 221 g/mol. The predicted octanol–water partition coefficient (Wildman–Crippen LogP) is 1.42. The van der Waals surface area contributed by atoms with Gasteiger partial charge in [0.05, 0.1) is 6.42 Å². The lowest BCUT2D eigenvalue weighted by atomic mass is 9.21. The van der Waals surface area contributed by atoms with Crippen molar-refractivity contribution < 1.29 is 14.3 Å². The number of carbonyl (C=O) groups is 1. The third kappa shape index (κ3) is 0.805. The highest BCUT2D eigenvalue weighted by Crippen LogP contribution is 2.85. The number of hydrogen-bond donors (Lipinski definition) is 2. The van der Waals surface area contributed by atoms with Crippen LogP contribution in [0.3, 0.4) is 0 Å². The first kappa shape index (κ1) is 10.3. The van der Waals surface area contributed by atoms with Crippen LogP contribution in [0, 0.1) is 35.0 Å². The van der Waals surface area contributed by atoms with Crippen LogP contribution in [0.25, 0.3) is 0 Å². The Morgan fingerprint density at radius 2 is 2.12 bits per heavy atom. The van der Waals surface area contributed by atoms with Crippen molar-refractivity contribution in [3.8, 4) is 0 Å². The summed E-state index contributed by atoms with van der Waals surface area (Å²) >= 11 is 0. The van der Waals surface area contributed by atoms with E-state index in [0.717, 1.165) is 19.3 Å². The van der Waals surface area contributed by atoms with Gasteiger partial charge in [-0.1, -0.05) is 0 Å². The van der Waals surface area contributed by atoms with Crippen LogP contribution in [-0.2, 0) is 4.79 Å². The van der Waals surface area contributed by atoms with E-state index in [9.17, 15) is 9.18 Å². The molecule has 0 aromatic heterocycles. The van der Waals surface area contributed by atoms with E-state index < -0.39 is 11.6 Å². The van der Waals surface area contributed by atoms with Gasteiger partial charge in [-0.2, -0.15) is 0 Å². The topological polar surface area (TPSA) is 63.3 Å². The van der Waals surface area contributed by atoms with Crippen molar-refractivity contribution in [3.63, 3.8) is 0 Å². The fraction of sp³-hybridized carbons (Fsp3) is 0.923. The molecule has 0 aromatic rings. The number of carboxylic acid groups (broad SMARTS) is 1. The van der Waals surface area contributed by atoms with Gasteiger partial charge in [-0.25, -0.2) is 4.39 Å². The Morgan fingerprint density at radius 3 is 2.76 bits per heavy atom. The maximum absolute atomic E-state index is 14.7. The van der Waals surface area contributed by atoms with Crippen LogP contribution in [0.5, 0.6) is 0 Å². The Hall–Kier alpha value is -0.640. The summed E-state index contributed by atoms with van der Waals surface area (Å²) < 4.78 is 14.7. The van der Waals surface area contributed by atoms with E-state index in [1.165, 1.54) is 0 Å². The van der Waals surface area contributed by atoms with Gasteiger partial charge in [0.15, 0.2) is 0 Å². The van der Waals surface area contributed by atoms with Crippen molar-refractivity contribution in [2.75, 3.05) is 6.54 Å². The number of nitrogens with two attached hydrogens (primary N) is 1. The molecule has 0 aliphatic heterocycles. The molecule has 17 heavy (non-hydrogen) atoms. The van der Waals surface area contributed by atoms with Gasteiger partial charge in [0, 0.05) is 5.92 Å². The summed E-state index contributed by atoms with van der Waals surface area (Å²) in [6, 6.07) is 0. The van der Waals surface area contributed by atoms with Crippen molar-refractivity contribution in [1.82, 2.24) is 0 Å². The fourth-order valence-corrected chi connectivity index (χ4v) is 6.04. The second-order valence-electron chi connectivity index (χ2n) is 6.61. The number of hydrogen-bond acceptors (Lipinski definition) is 2. The zero-order valence-corrected chi connectivity index (χ0v) is 9.73. The van der Waals surface area contributed by atoms with E-state index >= 15 is 0 Å². The van der Waals surface area contributed by atoms with Crippen LogP contribution in [0.4, 0.5) is 4.39 Å². The number of carboxylic acids is 1. The van der Waals surface area contributed by atoms with Crippen molar-refractivity contribution in [1.29, 1.82) is 0 Å². The van der Waals surface area contributed by atoms with Crippen LogP contribution in [0.1, 0.15) is 25.7 Å². The van der Waals surface area contributed by atoms with Crippen molar-refractivity contribution in [2.24, 2.45) is 40.7 Å². The minimum Gasteiger partial charge on any atom is -0.481 e. The summed E-state index contributed by atoms with van der Waals surface area (Å²) in [7, 11) is 0. The van der Waals surface area contributed by atoms with Gasteiger partial charge in [-0.3, -0.25) is 4.79 Å². The van der Waals surface area contributed by atoms with Gasteiger partial charge in [0.2, 0.25) is 0 Å². The van der Waals surface area contributed by atoms with Crippen LogP contribution in [0.15, 0.2) is 0 Å². The number of alkyl halides is 1. The molecule has 94 valence electrons. The second-order valence-corrected chi connectivity index (χ2v) is 6.61. The molecule has 0 saturated heterocycles. The molecular formula is C13H18FNO2. The summed E-state index contributed by atoms with van der Waals surface area (Å²) in [6.45, 7) is 0.419. The van der Waals surface area contributed by atoms with Gasteiger partial charge in [0.25, 0.3) is 0 Å². The number of fused-ring (bicyclic) bond motifs is 1. The molecule has 0 aromatic carbocycles. The molecule has 3 nitrogen and oxygen atoms in total. The highest BCUT2D eigenvalue weighted by Gasteiger charge is 2.86. The molecule has 0 amide bonds. The Bertz CT molecular complexity index is 404. The summed E-state index contributed by atoms with van der Waals surface area (Å²) in [5, 5.41) is 9.08. The summed E-state index contributed by atoms with van der Waals surface area (Å²) in [4.78, 5) is 11.1. The second kappa shape index (κ2) is 2.68. The van der Waals surface area contributed by atoms with Crippen LogP contribution >= 0.6 is 0 Å². The lowest BCUT2D eigenvalue weighted by Gasteiger charge is -2.84. The zero-order chi connectivity index (χ0) is 12.0. The maximum Gasteiger partial charge on any atom is 0.303 e. The standard InChI is InChI=1S/C13H18FNO2/c14-13-6-1-2-7-11(13)10(8(13)3-6)12(7,5-15)4-9(16)17/h6-8,10-11H,1-5,15H2,(H,16,17)/t6-,7?,8?,10+,11+,12+,13?/m1/s1. The smallest absolute Gasteiger partial charge is 0.303 e. The molecule has 4 fully saturated rings. The molecule has 7 atom stereocenters. The molecule has 4 heteroatoms. The van der Waals surface area contributed by atoms with Gasteiger partial charge >= 0.3 is 5.97 Å². The van der Waals surface area contributed by atoms with Crippen molar-refractivity contribution >= 4 is 5.97 Å². The summed E-state index contributed by atoms with van der Waals surface area (Å²) in [6.07, 6.45) is 3.06. The van der Waals surface area contributed by atoms with Crippen molar-refractivity contribution in [2.45, 2.75) is 31.4 Å². The number of halogens is 1. The Balaban J connectivity index is 1.70. The van der Waals surface area contributed by atoms with Gasteiger partial charge < -0.3 is 10.8 Å². The van der Waals surface area contributed by atoms with E-state index in [0.29, 0.717) is 6.54 Å². The summed E-state index contributed by atoms with van der Waals surface area (Å²) in [5.41, 5.74) is 4.69. The lowest BCUT2D eigenvalue weighted by molar-refractivity contribution is -0.399. The highest BCUT2D eigenvalue weighted by atomic mass is 19.1. The lowest BCUT2D eigenvalue weighted by Crippen LogP contribution is -2.87. The number of rotatable bonds is 3. The maximum atomic E-state index is 14.7. The molecule has 3 N–H and O–H groups in total. The minimum absolute atomic E-state index is 0.136. The molecule has 4 aliphatic rings. The minimum atomic E-state index is -0.912. The van der Waals surface area contributed by atoms with E-state index in [1.807, 2.05) is 0 Å². The molecule has 4 rings (SSSR count). The molecule has 3 unspecified atom stereocenters. The van der Waals surface area contributed by atoms with E-state index in [2.05, 4.69) is 0 Å². The average molecular weight is 239 g/mol. The molecule has 4 aliphatic carbocycles. The molecule has 0 bridgehead atoms. The monoisotopic (exact) mass is 239 g/mol. The average Bonchev–Trinajstić information content (AvgIpc) is 2.21. The van der Waals surface area contributed by atoms with E-state index in [4.69, 9.17) is 10.8 Å². The first-order valence-corrected chi connectivity index (χ1v) is 6.66. The van der Waals surface area contributed by atoms with Gasteiger partial charge in [-0.05, 0) is 54.9 Å². The van der Waals surface area contributed by atoms with Crippen LogP contribution in [0.2, 0.25) is 0 Å². The van der Waals surface area contributed by atoms with Crippen molar-refractivity contribution in [3.05, 3.63) is 0 Å². The normalized spacial score (nSPS) is 61.6. The SMILES string of the molecule is NC[C@@]1(CC(=O)O)C2CC[C@@H]3CC4[C@H]1[C@H]2C43F. The van der Waals surface area contributed by atoms with Crippen LogP contribution < -0.4 is 5.73 Å². The zero-order valence-electron chi connectivity index (χ0n) is 9.73. The summed E-state index contributed by atoms with van der Waals surface area (Å²) in [5.74, 6) is 0.318. The third-order valence-electron chi connectivity index (χ3n) is 6.59. The Morgan fingerprint density at radius 1 is 1.35 bits per heavy atom. The highest BCUT2D eigenvalue weighted by molar-refractivity contribution is 5.68. The number of aliphatic carboxylic acids is 1. The predicted molar refractivity (Wildman–Crippen MR) is 58.9 cm³/mol. The first-order valence-electron chi connectivity index (χ1n) is 6.66. The quantitative estimate of drug-likeness (QED) is 0.783. The molecule has 0 radical (unpaired) electrons. The third-order valence-corrected chi connectivity index (χ3v) is 6.59. The fourth-order valence-electron chi connectivity index (χ4n) is 6.04. The molecule has 0 heterocycles. The van der Waals surface area contributed by atoms with Gasteiger partial charge in [-0.15, -0.1) is 0 Å². The Kier molecular flexibility index (Phi) is 1.63. The van der Waals surface area contributed by atoms with E-state index in [-0.39, 0.29) is 41.4 Å².